The van der Waals surface area contributed by atoms with Crippen molar-refractivity contribution in [1.82, 2.24) is 0 Å². The molecule has 0 aromatic heterocycles. The third kappa shape index (κ3) is 4.39. The first-order chi connectivity index (χ1) is 13.6. The maximum atomic E-state index is 13.2. The molecular formula is C22H33NO4Si2. The first kappa shape index (κ1) is 23.5. The fourth-order valence-corrected chi connectivity index (χ4v) is 6.83. The van der Waals surface area contributed by atoms with Gasteiger partial charge in [0.05, 0.1) is 5.54 Å². The molecule has 0 heterocycles. The Labute approximate surface area is 178 Å². The van der Waals surface area contributed by atoms with Crippen molar-refractivity contribution in [2.24, 2.45) is 0 Å². The molecule has 0 spiro atoms. The van der Waals surface area contributed by atoms with Crippen molar-refractivity contribution in [3.05, 3.63) is 58.1 Å². The van der Waals surface area contributed by atoms with Crippen LogP contribution in [0.4, 0.5) is 5.69 Å². The second-order valence-corrected chi connectivity index (χ2v) is 11.9. The minimum Gasteiger partial charge on any atom is -0.377 e. The number of anilines is 1. The summed E-state index contributed by atoms with van der Waals surface area (Å²) in [5.41, 5.74) is 6.02. The van der Waals surface area contributed by atoms with Gasteiger partial charge < -0.3 is 18.2 Å². The highest BCUT2D eigenvalue weighted by Crippen LogP contribution is 2.29. The number of rotatable bonds is 8. The average Bonchev–Trinajstić information content (AvgIpc) is 2.71. The fourth-order valence-electron chi connectivity index (χ4n) is 4.06. The largest absolute Gasteiger partial charge is 0.507 e. The molecule has 2 aromatic rings. The Morgan fingerprint density at radius 2 is 1.55 bits per heavy atom. The van der Waals surface area contributed by atoms with Crippen molar-refractivity contribution in [2.75, 3.05) is 40.3 Å². The molecule has 0 bridgehead atoms. The maximum Gasteiger partial charge on any atom is 0.507 e. The van der Waals surface area contributed by atoms with Crippen molar-refractivity contribution in [3.8, 4) is 0 Å². The zero-order valence-electron chi connectivity index (χ0n) is 19.0. The summed E-state index contributed by atoms with van der Waals surface area (Å²) in [6.07, 6.45) is 0. The summed E-state index contributed by atoms with van der Waals surface area (Å²) in [5.74, 6) is 0.0689. The number of hydrogen-bond acceptors (Lipinski definition) is 5. The second-order valence-electron chi connectivity index (χ2n) is 7.62. The van der Waals surface area contributed by atoms with Crippen LogP contribution in [0.25, 0.3) is 0 Å². The molecule has 0 saturated carbocycles. The molecule has 158 valence electrons. The van der Waals surface area contributed by atoms with Crippen molar-refractivity contribution in [2.45, 2.75) is 26.3 Å². The highest BCUT2D eigenvalue weighted by molar-refractivity contribution is 6.62. The summed E-state index contributed by atoms with van der Waals surface area (Å²) in [6, 6.07) is 9.75. The van der Waals surface area contributed by atoms with Gasteiger partial charge in [-0.1, -0.05) is 36.4 Å². The van der Waals surface area contributed by atoms with Gasteiger partial charge in [-0.05, 0) is 36.6 Å². The Morgan fingerprint density at radius 1 is 1.03 bits per heavy atom. The van der Waals surface area contributed by atoms with Crippen LogP contribution in [0, 0.1) is 13.8 Å². The molecular weight excluding hydrogens is 398 g/mol. The average molecular weight is 432 g/mol. The molecule has 7 heteroatoms. The van der Waals surface area contributed by atoms with E-state index in [1.165, 1.54) is 11.3 Å². The molecule has 0 amide bonds. The Hall–Kier alpha value is -1.78. The van der Waals surface area contributed by atoms with Crippen molar-refractivity contribution in [1.29, 1.82) is 0 Å². The molecule has 1 unspecified atom stereocenters. The van der Waals surface area contributed by atoms with Gasteiger partial charge in [0.25, 0.3) is 0 Å². The summed E-state index contributed by atoms with van der Waals surface area (Å²) in [4.78, 5) is 15.4. The molecule has 0 N–H and O–H groups in total. The molecule has 0 radical (unpaired) electrons. The number of hydrogen-bond donors (Lipinski definition) is 0. The molecule has 2 rings (SSSR count). The molecule has 2 aromatic carbocycles. The molecule has 0 aliphatic carbocycles. The summed E-state index contributed by atoms with van der Waals surface area (Å²) in [5, 5.41) is 1.16. The third-order valence-corrected chi connectivity index (χ3v) is 10.2. The Morgan fingerprint density at radius 3 is 2.00 bits per heavy atom. The van der Waals surface area contributed by atoms with Crippen LogP contribution in [0.2, 0.25) is 0 Å². The standard InChI is InChI=1S/C22H33NO4Si2/c1-14-13-19(22(28)15(2)20(14)23(4)5)21(24)18-11-9-17(10-12-18)16(3)29(25-6,26-7)27-8/h9-13,16H,1-8,28H3. The predicted octanol–water partition coefficient (Wildman–Crippen LogP) is 2.11. The number of ketones is 1. The Balaban J connectivity index is 2.39. The van der Waals surface area contributed by atoms with E-state index >= 15 is 0 Å². The van der Waals surface area contributed by atoms with Crippen LogP contribution in [0.5, 0.6) is 0 Å². The minimum atomic E-state index is -2.80. The van der Waals surface area contributed by atoms with Gasteiger partial charge in [-0.25, -0.2) is 0 Å². The highest BCUT2D eigenvalue weighted by Gasteiger charge is 2.45. The van der Waals surface area contributed by atoms with E-state index in [9.17, 15) is 4.79 Å². The van der Waals surface area contributed by atoms with Crippen molar-refractivity contribution < 1.29 is 18.1 Å². The van der Waals surface area contributed by atoms with Crippen LogP contribution in [0.15, 0.2) is 30.3 Å². The summed E-state index contributed by atoms with van der Waals surface area (Å²) < 4.78 is 16.8. The number of carbonyl (C=O) groups excluding carboxylic acids is 1. The van der Waals surface area contributed by atoms with Crippen LogP contribution in [0.1, 0.15) is 45.1 Å². The monoisotopic (exact) mass is 431 g/mol. The topological polar surface area (TPSA) is 48.0 Å². The van der Waals surface area contributed by atoms with E-state index in [1.807, 2.05) is 51.4 Å². The Kier molecular flexibility index (Phi) is 7.58. The van der Waals surface area contributed by atoms with Gasteiger partial charge >= 0.3 is 8.80 Å². The fraction of sp³-hybridized carbons (Fsp3) is 0.409. The quantitative estimate of drug-likeness (QED) is 0.473. The van der Waals surface area contributed by atoms with E-state index in [-0.39, 0.29) is 11.3 Å². The van der Waals surface area contributed by atoms with Crippen molar-refractivity contribution >= 4 is 35.7 Å². The summed E-state index contributed by atoms with van der Waals surface area (Å²) in [7, 11) is 6.95. The SMILES string of the molecule is CO[Si](OC)(OC)C(C)c1ccc(C(=O)c2cc(C)c(N(C)C)c(C)c2[SiH3])cc1. The number of benzene rings is 2. The maximum absolute atomic E-state index is 13.2. The number of carbonyl (C=O) groups is 1. The van der Waals surface area contributed by atoms with Gasteiger partial charge in [0, 0.05) is 62.5 Å². The smallest absolute Gasteiger partial charge is 0.377 e. The lowest BCUT2D eigenvalue weighted by Crippen LogP contribution is -2.48. The second kappa shape index (κ2) is 9.36. The highest BCUT2D eigenvalue weighted by atomic mass is 28.4. The van der Waals surface area contributed by atoms with Gasteiger partial charge in [0.1, 0.15) is 0 Å². The van der Waals surface area contributed by atoms with Crippen LogP contribution in [-0.4, -0.2) is 60.3 Å². The van der Waals surface area contributed by atoms with Gasteiger partial charge in [-0.15, -0.1) is 0 Å². The first-order valence-electron chi connectivity index (χ1n) is 9.71. The normalized spacial score (nSPS) is 12.8. The third-order valence-electron chi connectivity index (χ3n) is 5.80. The minimum absolute atomic E-state index is 0.0374. The lowest BCUT2D eigenvalue weighted by molar-refractivity contribution is 0.103. The molecule has 0 aliphatic heterocycles. The predicted molar refractivity (Wildman–Crippen MR) is 125 cm³/mol. The Bertz CT molecular complexity index is 869. The number of nitrogens with zero attached hydrogens (tertiary/aromatic N) is 1. The van der Waals surface area contributed by atoms with Gasteiger partial charge in [-0.3, -0.25) is 4.79 Å². The van der Waals surface area contributed by atoms with Gasteiger partial charge in [0.2, 0.25) is 0 Å². The molecule has 29 heavy (non-hydrogen) atoms. The lowest BCUT2D eigenvalue weighted by atomic mass is 9.96. The van der Waals surface area contributed by atoms with E-state index in [4.69, 9.17) is 13.3 Å². The molecule has 0 fully saturated rings. The summed E-state index contributed by atoms with van der Waals surface area (Å²) in [6.45, 7) is 6.20. The zero-order valence-corrected chi connectivity index (χ0v) is 22.0. The van der Waals surface area contributed by atoms with Gasteiger partial charge in [0.15, 0.2) is 5.78 Å². The number of aryl methyl sites for hydroxylation is 1. The lowest BCUT2D eigenvalue weighted by Gasteiger charge is -2.30. The van der Waals surface area contributed by atoms with Gasteiger partial charge in [-0.2, -0.15) is 0 Å². The van der Waals surface area contributed by atoms with E-state index in [1.54, 1.807) is 21.3 Å². The first-order valence-corrected chi connectivity index (χ1v) is 12.5. The van der Waals surface area contributed by atoms with Crippen LogP contribution in [0.3, 0.4) is 0 Å². The van der Waals surface area contributed by atoms with Crippen LogP contribution >= 0.6 is 0 Å². The van der Waals surface area contributed by atoms with E-state index < -0.39 is 8.80 Å². The van der Waals surface area contributed by atoms with Crippen LogP contribution in [-0.2, 0) is 13.3 Å². The summed E-state index contributed by atoms with van der Waals surface area (Å²) >= 11 is 0. The molecule has 0 aliphatic rings. The van der Waals surface area contributed by atoms with Crippen LogP contribution < -0.4 is 10.1 Å². The molecule has 0 saturated heterocycles. The zero-order chi connectivity index (χ0) is 21.9. The van der Waals surface area contributed by atoms with E-state index in [0.717, 1.165) is 32.1 Å². The molecule has 5 nitrogen and oxygen atoms in total. The van der Waals surface area contributed by atoms with Crippen molar-refractivity contribution in [3.63, 3.8) is 0 Å². The van der Waals surface area contributed by atoms with E-state index in [2.05, 4.69) is 18.7 Å². The van der Waals surface area contributed by atoms with E-state index in [0.29, 0.717) is 5.56 Å². The molecule has 1 atom stereocenters.